The number of nitrogens with one attached hydrogen (secondary N) is 2. The smallest absolute Gasteiger partial charge is 0.251 e. The number of rotatable bonds is 5. The zero-order valence-corrected chi connectivity index (χ0v) is 10.2. The zero-order valence-electron chi connectivity index (χ0n) is 10.2. The van der Waals surface area contributed by atoms with Gasteiger partial charge in [0.2, 0.25) is 5.91 Å². The summed E-state index contributed by atoms with van der Waals surface area (Å²) in [6, 6.07) is 8.28. The highest BCUT2D eigenvalue weighted by Crippen LogP contribution is 2.03. The molecule has 0 aromatic heterocycles. The Labute approximate surface area is 106 Å². The van der Waals surface area contributed by atoms with E-state index in [-0.39, 0.29) is 18.4 Å². The number of carbonyl (C=O) groups excluding carboxylic acids is 2. The van der Waals surface area contributed by atoms with Gasteiger partial charge in [0.25, 0.3) is 5.91 Å². The van der Waals surface area contributed by atoms with E-state index in [1.807, 2.05) is 13.0 Å². The highest BCUT2D eigenvalue weighted by Gasteiger charge is 2.07. The molecule has 94 valence electrons. The topological polar surface area (TPSA) is 82.0 Å². The van der Waals surface area contributed by atoms with Crippen molar-refractivity contribution in [1.82, 2.24) is 10.6 Å². The van der Waals surface area contributed by atoms with Crippen LogP contribution in [0.2, 0.25) is 0 Å². The lowest BCUT2D eigenvalue weighted by Crippen LogP contribution is -2.37. The zero-order chi connectivity index (χ0) is 13.4. The Morgan fingerprint density at radius 3 is 2.78 bits per heavy atom. The Morgan fingerprint density at radius 1 is 1.33 bits per heavy atom. The molecule has 0 fully saturated rings. The normalized spacial score (nSPS) is 9.33. The number of nitrogens with zero attached hydrogens (tertiary/aromatic N) is 1. The lowest BCUT2D eigenvalue weighted by Gasteiger charge is -2.06. The third kappa shape index (κ3) is 4.26. The lowest BCUT2D eigenvalue weighted by molar-refractivity contribution is -0.120. The maximum atomic E-state index is 11.7. The third-order valence-electron chi connectivity index (χ3n) is 2.24. The summed E-state index contributed by atoms with van der Waals surface area (Å²) >= 11 is 0. The first-order valence-corrected chi connectivity index (χ1v) is 5.72. The maximum Gasteiger partial charge on any atom is 0.251 e. The summed E-state index contributed by atoms with van der Waals surface area (Å²) in [7, 11) is 0. The summed E-state index contributed by atoms with van der Waals surface area (Å²) in [5.74, 6) is -0.583. The Bertz CT molecular complexity index is 477. The van der Waals surface area contributed by atoms with E-state index in [4.69, 9.17) is 5.26 Å². The van der Waals surface area contributed by atoms with Crippen LogP contribution in [0.3, 0.4) is 0 Å². The van der Waals surface area contributed by atoms with Gasteiger partial charge < -0.3 is 10.6 Å². The first kappa shape index (κ1) is 13.7. The molecule has 0 saturated carbocycles. The highest BCUT2D eigenvalue weighted by atomic mass is 16.2. The molecular weight excluding hydrogens is 230 g/mol. The van der Waals surface area contributed by atoms with Crippen LogP contribution in [0.4, 0.5) is 0 Å². The second-order valence-electron chi connectivity index (χ2n) is 3.73. The van der Waals surface area contributed by atoms with Crippen LogP contribution in [-0.2, 0) is 4.79 Å². The van der Waals surface area contributed by atoms with E-state index in [0.29, 0.717) is 17.7 Å². The standard InChI is InChI=1S/C13H15N3O2/c1-2-6-15-12(17)9-16-13(18)11-5-3-4-10(7-11)8-14/h3-5,7H,2,6,9H2,1H3,(H,15,17)(H,16,18). The van der Waals surface area contributed by atoms with Crippen LogP contribution < -0.4 is 10.6 Å². The van der Waals surface area contributed by atoms with Crippen LogP contribution >= 0.6 is 0 Å². The van der Waals surface area contributed by atoms with E-state index in [1.54, 1.807) is 18.2 Å². The van der Waals surface area contributed by atoms with Gasteiger partial charge >= 0.3 is 0 Å². The molecule has 0 saturated heterocycles. The third-order valence-corrected chi connectivity index (χ3v) is 2.24. The predicted octanol–water partition coefficient (Wildman–Crippen LogP) is 0.814. The van der Waals surface area contributed by atoms with Gasteiger partial charge in [-0.1, -0.05) is 13.0 Å². The Hall–Kier alpha value is -2.35. The summed E-state index contributed by atoms with van der Waals surface area (Å²) in [5, 5.41) is 13.9. The molecule has 0 bridgehead atoms. The molecule has 2 N–H and O–H groups in total. The van der Waals surface area contributed by atoms with E-state index in [2.05, 4.69) is 10.6 Å². The number of amides is 2. The molecule has 0 aliphatic heterocycles. The van der Waals surface area contributed by atoms with Crippen LogP contribution in [0, 0.1) is 11.3 Å². The van der Waals surface area contributed by atoms with Crippen molar-refractivity contribution in [3.63, 3.8) is 0 Å². The average Bonchev–Trinajstić information content (AvgIpc) is 2.42. The molecule has 5 heteroatoms. The minimum atomic E-state index is -0.362. The van der Waals surface area contributed by atoms with Crippen molar-refractivity contribution in [1.29, 1.82) is 5.26 Å². The minimum Gasteiger partial charge on any atom is -0.355 e. The molecule has 0 unspecified atom stereocenters. The fraction of sp³-hybridized carbons (Fsp3) is 0.308. The van der Waals surface area contributed by atoms with Gasteiger partial charge in [0.05, 0.1) is 18.2 Å². The number of benzene rings is 1. The van der Waals surface area contributed by atoms with Crippen LogP contribution in [-0.4, -0.2) is 24.9 Å². The Morgan fingerprint density at radius 2 is 2.11 bits per heavy atom. The number of nitriles is 1. The molecule has 1 rings (SSSR count). The van der Waals surface area contributed by atoms with Crippen LogP contribution in [0.25, 0.3) is 0 Å². The number of carbonyl (C=O) groups is 2. The van der Waals surface area contributed by atoms with Crippen molar-refractivity contribution in [3.05, 3.63) is 35.4 Å². The molecule has 0 aliphatic rings. The summed E-state index contributed by atoms with van der Waals surface area (Å²) < 4.78 is 0. The fourth-order valence-corrected chi connectivity index (χ4v) is 1.32. The van der Waals surface area contributed by atoms with Crippen molar-refractivity contribution in [3.8, 4) is 6.07 Å². The monoisotopic (exact) mass is 245 g/mol. The summed E-state index contributed by atoms with van der Waals surface area (Å²) in [6.45, 7) is 2.49. The van der Waals surface area contributed by atoms with Crippen molar-refractivity contribution >= 4 is 11.8 Å². The highest BCUT2D eigenvalue weighted by molar-refractivity contribution is 5.96. The summed E-state index contributed by atoms with van der Waals surface area (Å²) in [4.78, 5) is 23.0. The minimum absolute atomic E-state index is 0.0599. The molecule has 0 spiro atoms. The van der Waals surface area contributed by atoms with Gasteiger partial charge in [-0.25, -0.2) is 0 Å². The first-order valence-electron chi connectivity index (χ1n) is 5.72. The molecule has 0 atom stereocenters. The molecule has 0 heterocycles. The van der Waals surface area contributed by atoms with Crippen LogP contribution in [0.15, 0.2) is 24.3 Å². The van der Waals surface area contributed by atoms with Crippen molar-refractivity contribution < 1.29 is 9.59 Å². The van der Waals surface area contributed by atoms with Gasteiger partial charge in [0.1, 0.15) is 0 Å². The Kier molecular flexibility index (Phi) is 5.39. The number of hydrogen-bond donors (Lipinski definition) is 2. The van der Waals surface area contributed by atoms with Crippen molar-refractivity contribution in [2.24, 2.45) is 0 Å². The van der Waals surface area contributed by atoms with Crippen molar-refractivity contribution in [2.75, 3.05) is 13.1 Å². The predicted molar refractivity (Wildman–Crippen MR) is 66.8 cm³/mol. The van der Waals surface area contributed by atoms with Crippen LogP contribution in [0.1, 0.15) is 29.3 Å². The van der Waals surface area contributed by atoms with Gasteiger partial charge in [0, 0.05) is 12.1 Å². The van der Waals surface area contributed by atoms with Gasteiger partial charge in [-0.05, 0) is 24.6 Å². The van der Waals surface area contributed by atoms with E-state index < -0.39 is 0 Å². The molecule has 18 heavy (non-hydrogen) atoms. The Balaban J connectivity index is 2.50. The van der Waals surface area contributed by atoms with Gasteiger partial charge in [-0.3, -0.25) is 9.59 Å². The van der Waals surface area contributed by atoms with E-state index in [0.717, 1.165) is 6.42 Å². The second kappa shape index (κ2) is 7.07. The first-order chi connectivity index (χ1) is 8.67. The van der Waals surface area contributed by atoms with E-state index in [1.165, 1.54) is 6.07 Å². The average molecular weight is 245 g/mol. The lowest BCUT2D eigenvalue weighted by atomic mass is 10.1. The SMILES string of the molecule is CCCNC(=O)CNC(=O)c1cccc(C#N)c1. The van der Waals surface area contributed by atoms with E-state index >= 15 is 0 Å². The number of hydrogen-bond acceptors (Lipinski definition) is 3. The van der Waals surface area contributed by atoms with E-state index in [9.17, 15) is 9.59 Å². The molecular formula is C13H15N3O2. The molecule has 2 amide bonds. The summed E-state index contributed by atoms with van der Waals surface area (Å²) in [5.41, 5.74) is 0.787. The molecule has 0 radical (unpaired) electrons. The second-order valence-corrected chi connectivity index (χ2v) is 3.73. The molecule has 5 nitrogen and oxygen atoms in total. The largest absolute Gasteiger partial charge is 0.355 e. The molecule has 0 aliphatic carbocycles. The van der Waals surface area contributed by atoms with Gasteiger partial charge in [0.15, 0.2) is 0 Å². The quantitative estimate of drug-likeness (QED) is 0.805. The van der Waals surface area contributed by atoms with Crippen LogP contribution in [0.5, 0.6) is 0 Å². The van der Waals surface area contributed by atoms with Crippen molar-refractivity contribution in [2.45, 2.75) is 13.3 Å². The fourth-order valence-electron chi connectivity index (χ4n) is 1.32. The molecule has 1 aromatic rings. The van der Waals surface area contributed by atoms with Gasteiger partial charge in [-0.15, -0.1) is 0 Å². The van der Waals surface area contributed by atoms with Gasteiger partial charge in [-0.2, -0.15) is 5.26 Å². The summed E-state index contributed by atoms with van der Waals surface area (Å²) in [6.07, 6.45) is 0.851. The molecule has 1 aromatic carbocycles. The maximum absolute atomic E-state index is 11.7.